The normalized spacial score (nSPS) is 32.6. The van der Waals surface area contributed by atoms with Gasteiger partial charge in [0.2, 0.25) is 5.91 Å². The molecular formula is C17H24N2O. The zero-order valence-corrected chi connectivity index (χ0v) is 11.9. The first-order valence-electron chi connectivity index (χ1n) is 7.83. The van der Waals surface area contributed by atoms with Crippen LogP contribution in [0.2, 0.25) is 0 Å². The van der Waals surface area contributed by atoms with Gasteiger partial charge in [-0.2, -0.15) is 0 Å². The van der Waals surface area contributed by atoms with Gasteiger partial charge in [0.15, 0.2) is 0 Å². The molecule has 2 fully saturated rings. The minimum Gasteiger partial charge on any atom is -0.352 e. The molecular weight excluding hydrogens is 248 g/mol. The first kappa shape index (κ1) is 13.6. The minimum absolute atomic E-state index is 0.217. The molecule has 0 radical (unpaired) electrons. The van der Waals surface area contributed by atoms with E-state index in [4.69, 9.17) is 5.73 Å². The van der Waals surface area contributed by atoms with E-state index in [1.54, 1.807) is 0 Å². The summed E-state index contributed by atoms with van der Waals surface area (Å²) in [6, 6.07) is 10.8. The van der Waals surface area contributed by atoms with Crippen LogP contribution in [-0.4, -0.2) is 18.5 Å². The maximum Gasteiger partial charge on any atom is 0.223 e. The van der Waals surface area contributed by atoms with Crippen LogP contribution >= 0.6 is 0 Å². The molecule has 0 saturated heterocycles. The molecule has 1 aromatic rings. The van der Waals surface area contributed by atoms with Gasteiger partial charge in [-0.15, -0.1) is 0 Å². The fourth-order valence-corrected chi connectivity index (χ4v) is 3.38. The van der Waals surface area contributed by atoms with Crippen LogP contribution in [0.3, 0.4) is 0 Å². The summed E-state index contributed by atoms with van der Waals surface area (Å²) in [7, 11) is 0. The van der Waals surface area contributed by atoms with Crippen LogP contribution in [-0.2, 0) is 4.79 Å². The molecule has 20 heavy (non-hydrogen) atoms. The van der Waals surface area contributed by atoms with E-state index in [-0.39, 0.29) is 11.8 Å². The van der Waals surface area contributed by atoms with Crippen molar-refractivity contribution in [1.82, 2.24) is 5.32 Å². The average Bonchev–Trinajstić information content (AvgIpc) is 3.27. The molecule has 0 spiro atoms. The molecule has 1 aromatic carbocycles. The summed E-state index contributed by atoms with van der Waals surface area (Å²) >= 11 is 0. The highest BCUT2D eigenvalue weighted by atomic mass is 16.2. The summed E-state index contributed by atoms with van der Waals surface area (Å²) in [6.45, 7) is 0.771. The second-order valence-electron chi connectivity index (χ2n) is 6.32. The van der Waals surface area contributed by atoms with Gasteiger partial charge in [0.05, 0.1) is 0 Å². The highest BCUT2D eigenvalue weighted by Gasteiger charge is 2.40. The summed E-state index contributed by atoms with van der Waals surface area (Å²) in [4.78, 5) is 12.3. The molecule has 2 atom stereocenters. The second-order valence-corrected chi connectivity index (χ2v) is 6.32. The molecule has 2 unspecified atom stereocenters. The molecule has 3 N–H and O–H groups in total. The van der Waals surface area contributed by atoms with E-state index in [0.717, 1.165) is 38.6 Å². The third kappa shape index (κ3) is 3.04. The summed E-state index contributed by atoms with van der Waals surface area (Å²) in [5, 5.41) is 3.23. The number of rotatable bonds is 4. The number of nitrogens with one attached hydrogen (secondary N) is 1. The molecule has 3 heteroatoms. The van der Waals surface area contributed by atoms with Crippen molar-refractivity contribution in [2.45, 2.75) is 44.1 Å². The van der Waals surface area contributed by atoms with E-state index < -0.39 is 0 Å². The number of carbonyl (C=O) groups is 1. The molecule has 0 aromatic heterocycles. The fraction of sp³-hybridized carbons (Fsp3) is 0.588. The van der Waals surface area contributed by atoms with Crippen LogP contribution in [0, 0.1) is 11.8 Å². The van der Waals surface area contributed by atoms with Crippen molar-refractivity contribution >= 4 is 5.91 Å². The second kappa shape index (κ2) is 5.96. The van der Waals surface area contributed by atoms with Crippen molar-refractivity contribution in [2.75, 3.05) is 6.54 Å². The van der Waals surface area contributed by atoms with Gasteiger partial charge in [-0.3, -0.25) is 4.79 Å². The number of benzene rings is 1. The van der Waals surface area contributed by atoms with E-state index >= 15 is 0 Å². The zero-order valence-electron chi connectivity index (χ0n) is 11.9. The first-order chi connectivity index (χ1) is 9.78. The third-order valence-electron chi connectivity index (χ3n) is 4.90. The molecule has 0 bridgehead atoms. The summed E-state index contributed by atoms with van der Waals surface area (Å²) in [5.41, 5.74) is 7.05. The standard InChI is InChI=1S/C17H24N2O/c18-11-12-6-8-14(9-7-12)17(20)19-16-10-15(16)13-4-2-1-3-5-13/h1-5,12,14-16H,6-11,18H2,(H,19,20). The lowest BCUT2D eigenvalue weighted by molar-refractivity contribution is -0.126. The molecule has 2 aliphatic carbocycles. The molecule has 2 saturated carbocycles. The predicted molar refractivity (Wildman–Crippen MR) is 80.2 cm³/mol. The van der Waals surface area contributed by atoms with Gasteiger partial charge in [-0.25, -0.2) is 0 Å². The lowest BCUT2D eigenvalue weighted by atomic mass is 9.81. The molecule has 1 amide bonds. The monoisotopic (exact) mass is 272 g/mol. The van der Waals surface area contributed by atoms with Gasteiger partial charge < -0.3 is 11.1 Å². The van der Waals surface area contributed by atoms with Gasteiger partial charge in [0.1, 0.15) is 0 Å². The van der Waals surface area contributed by atoms with Crippen LogP contribution in [0.5, 0.6) is 0 Å². The number of carbonyl (C=O) groups excluding carboxylic acids is 1. The van der Waals surface area contributed by atoms with Crippen LogP contribution < -0.4 is 11.1 Å². The number of hydrogen-bond donors (Lipinski definition) is 2. The summed E-state index contributed by atoms with van der Waals surface area (Å²) in [5.74, 6) is 1.65. The van der Waals surface area contributed by atoms with Crippen molar-refractivity contribution in [3.63, 3.8) is 0 Å². The predicted octanol–water partition coefficient (Wildman–Crippen LogP) is 2.42. The topological polar surface area (TPSA) is 55.1 Å². The number of nitrogens with two attached hydrogens (primary N) is 1. The van der Waals surface area contributed by atoms with Crippen LogP contribution in [0.1, 0.15) is 43.6 Å². The van der Waals surface area contributed by atoms with Gasteiger partial charge in [-0.05, 0) is 50.1 Å². The largest absolute Gasteiger partial charge is 0.352 e. The molecule has 3 rings (SSSR count). The third-order valence-corrected chi connectivity index (χ3v) is 4.90. The fourth-order valence-electron chi connectivity index (χ4n) is 3.38. The van der Waals surface area contributed by atoms with Crippen molar-refractivity contribution in [2.24, 2.45) is 17.6 Å². The summed E-state index contributed by atoms with van der Waals surface area (Å²) < 4.78 is 0. The van der Waals surface area contributed by atoms with Crippen molar-refractivity contribution in [3.8, 4) is 0 Å². The average molecular weight is 272 g/mol. The Hall–Kier alpha value is -1.35. The lowest BCUT2D eigenvalue weighted by Gasteiger charge is -2.26. The van der Waals surface area contributed by atoms with E-state index in [0.29, 0.717) is 17.9 Å². The number of amides is 1. The Labute approximate surface area is 120 Å². The Kier molecular flexibility index (Phi) is 4.06. The van der Waals surface area contributed by atoms with Gasteiger partial charge >= 0.3 is 0 Å². The highest BCUT2D eigenvalue weighted by Crippen LogP contribution is 2.41. The maximum absolute atomic E-state index is 12.3. The SMILES string of the molecule is NCC1CCC(C(=O)NC2CC2c2ccccc2)CC1. The van der Waals surface area contributed by atoms with Crippen LogP contribution in [0.15, 0.2) is 30.3 Å². The minimum atomic E-state index is 0.217. The Bertz CT molecular complexity index is 451. The van der Waals surface area contributed by atoms with E-state index in [1.807, 2.05) is 6.07 Å². The van der Waals surface area contributed by atoms with Crippen LogP contribution in [0.4, 0.5) is 0 Å². The van der Waals surface area contributed by atoms with Gasteiger partial charge in [0, 0.05) is 17.9 Å². The van der Waals surface area contributed by atoms with E-state index in [9.17, 15) is 4.79 Å². The molecule has 2 aliphatic rings. The van der Waals surface area contributed by atoms with Crippen LogP contribution in [0.25, 0.3) is 0 Å². The Balaban J connectivity index is 1.47. The van der Waals surface area contributed by atoms with E-state index in [2.05, 4.69) is 29.6 Å². The smallest absolute Gasteiger partial charge is 0.223 e. The van der Waals surface area contributed by atoms with Crippen molar-refractivity contribution < 1.29 is 4.79 Å². The number of hydrogen-bond acceptors (Lipinski definition) is 2. The lowest BCUT2D eigenvalue weighted by Crippen LogP contribution is -2.35. The quantitative estimate of drug-likeness (QED) is 0.884. The Morgan fingerprint density at radius 1 is 1.15 bits per heavy atom. The Morgan fingerprint density at radius 3 is 2.50 bits per heavy atom. The van der Waals surface area contributed by atoms with Crippen molar-refractivity contribution in [3.05, 3.63) is 35.9 Å². The Morgan fingerprint density at radius 2 is 1.85 bits per heavy atom. The zero-order chi connectivity index (χ0) is 13.9. The molecule has 3 nitrogen and oxygen atoms in total. The highest BCUT2D eigenvalue weighted by molar-refractivity contribution is 5.79. The van der Waals surface area contributed by atoms with Gasteiger partial charge in [-0.1, -0.05) is 30.3 Å². The molecule has 0 aliphatic heterocycles. The van der Waals surface area contributed by atoms with Gasteiger partial charge in [0.25, 0.3) is 0 Å². The molecule has 108 valence electrons. The van der Waals surface area contributed by atoms with Crippen molar-refractivity contribution in [1.29, 1.82) is 0 Å². The molecule has 0 heterocycles. The van der Waals surface area contributed by atoms with E-state index in [1.165, 1.54) is 5.56 Å². The maximum atomic E-state index is 12.3. The summed E-state index contributed by atoms with van der Waals surface area (Å²) in [6.07, 6.45) is 5.34. The first-order valence-corrected chi connectivity index (χ1v) is 7.83.